The molecule has 2 aromatic rings. The lowest BCUT2D eigenvalue weighted by Gasteiger charge is -2.27. The van der Waals surface area contributed by atoms with Crippen LogP contribution in [0.4, 0.5) is 10.5 Å². The Morgan fingerprint density at radius 1 is 0.800 bits per heavy atom. The number of carbonyl (C=O) groups excluding carboxylic acids is 3. The van der Waals surface area contributed by atoms with Gasteiger partial charge >= 0.3 is 12.1 Å². The van der Waals surface area contributed by atoms with Gasteiger partial charge in [-0.15, -0.1) is 0 Å². The van der Waals surface area contributed by atoms with Crippen LogP contribution in [0.5, 0.6) is 0 Å². The first-order valence-corrected chi connectivity index (χ1v) is 14.9. The van der Waals surface area contributed by atoms with Crippen LogP contribution in [0.1, 0.15) is 121 Å². The summed E-state index contributed by atoms with van der Waals surface area (Å²) in [6.45, 7) is 6.17. The van der Waals surface area contributed by atoms with E-state index in [-0.39, 0.29) is 18.0 Å². The van der Waals surface area contributed by atoms with E-state index in [1.807, 2.05) is 20.8 Å². The number of imidazole rings is 1. The number of anilines is 1. The van der Waals surface area contributed by atoms with E-state index in [0.29, 0.717) is 18.5 Å². The zero-order valence-corrected chi connectivity index (χ0v) is 25.0. The van der Waals surface area contributed by atoms with Gasteiger partial charge in [-0.2, -0.15) is 0 Å². The smallest absolute Gasteiger partial charge is 0.414 e. The number of nitrogens with zero attached hydrogens (tertiary/aromatic N) is 3. The Hall–Kier alpha value is -3.16. The second kappa shape index (κ2) is 18.2. The van der Waals surface area contributed by atoms with Crippen molar-refractivity contribution in [1.29, 1.82) is 0 Å². The van der Waals surface area contributed by atoms with E-state index in [1.54, 1.807) is 41.6 Å². The maximum absolute atomic E-state index is 13.0. The Morgan fingerprint density at radius 3 is 1.80 bits per heavy atom. The molecule has 8 nitrogen and oxygen atoms in total. The molecule has 40 heavy (non-hydrogen) atoms. The Kier molecular flexibility index (Phi) is 15.1. The molecule has 0 atom stereocenters. The lowest BCUT2D eigenvalue weighted by molar-refractivity contribution is -0.140. The fourth-order valence-electron chi connectivity index (χ4n) is 4.54. The molecule has 0 unspecified atom stereocenters. The molecule has 0 fully saturated rings. The topological polar surface area (TPSA) is 90.7 Å². The molecule has 0 aliphatic heterocycles. The Morgan fingerprint density at radius 2 is 1.32 bits per heavy atom. The third-order valence-electron chi connectivity index (χ3n) is 6.77. The summed E-state index contributed by atoms with van der Waals surface area (Å²) in [5, 5.41) is 0. The van der Waals surface area contributed by atoms with Crippen molar-refractivity contribution in [2.45, 2.75) is 116 Å². The predicted molar refractivity (Wildman–Crippen MR) is 159 cm³/mol. The number of rotatable bonds is 18. The number of unbranched alkanes of at least 4 members (excludes halogenated alkanes) is 12. The second-order valence-corrected chi connectivity index (χ2v) is 11.4. The third-order valence-corrected chi connectivity index (χ3v) is 6.77. The molecule has 0 bridgehead atoms. The second-order valence-electron chi connectivity index (χ2n) is 11.4. The van der Waals surface area contributed by atoms with Gasteiger partial charge in [0.25, 0.3) is 5.91 Å². The number of hydrogen-bond donors (Lipinski definition) is 0. The summed E-state index contributed by atoms with van der Waals surface area (Å²) in [4.78, 5) is 42.2. The summed E-state index contributed by atoms with van der Waals surface area (Å²) < 4.78 is 11.8. The standard InChI is InChI=1S/C32H49N3O5/c1-32(2,3)40-31(38)35(28-21-19-27(20-22-28)30(37)34-25-23-33-26-34)24-17-15-13-11-9-7-5-6-8-10-12-14-16-18-29(36)39-4/h19-23,25-26H,5-18,24H2,1-4H3. The van der Waals surface area contributed by atoms with Crippen molar-refractivity contribution in [2.75, 3.05) is 18.6 Å². The van der Waals surface area contributed by atoms with Gasteiger partial charge in [-0.25, -0.2) is 9.78 Å². The molecular formula is C32H49N3O5. The number of carbonyl (C=O) groups is 3. The first kappa shape index (κ1) is 33.0. The number of amides is 1. The molecule has 1 aromatic heterocycles. The fourth-order valence-corrected chi connectivity index (χ4v) is 4.54. The molecule has 0 spiro atoms. The molecule has 0 saturated heterocycles. The van der Waals surface area contributed by atoms with Gasteiger partial charge in [0.2, 0.25) is 0 Å². The predicted octanol–water partition coefficient (Wildman–Crippen LogP) is 7.95. The van der Waals surface area contributed by atoms with Crippen LogP contribution in [0.3, 0.4) is 0 Å². The van der Waals surface area contributed by atoms with E-state index >= 15 is 0 Å². The van der Waals surface area contributed by atoms with E-state index in [1.165, 1.54) is 69.4 Å². The number of aromatic nitrogens is 2. The van der Waals surface area contributed by atoms with Crippen molar-refractivity contribution >= 4 is 23.7 Å². The van der Waals surface area contributed by atoms with Crippen LogP contribution in [-0.4, -0.2) is 46.8 Å². The normalized spacial score (nSPS) is 11.3. The largest absolute Gasteiger partial charge is 0.469 e. The van der Waals surface area contributed by atoms with Gasteiger partial charge in [-0.1, -0.05) is 70.6 Å². The maximum Gasteiger partial charge on any atom is 0.414 e. The quantitative estimate of drug-likeness (QED) is 0.137. The first-order valence-electron chi connectivity index (χ1n) is 14.9. The van der Waals surface area contributed by atoms with Gasteiger partial charge in [0.15, 0.2) is 0 Å². The molecule has 0 saturated carbocycles. The van der Waals surface area contributed by atoms with Gasteiger partial charge in [-0.3, -0.25) is 19.1 Å². The van der Waals surface area contributed by atoms with E-state index in [9.17, 15) is 14.4 Å². The van der Waals surface area contributed by atoms with Crippen LogP contribution >= 0.6 is 0 Å². The zero-order valence-electron chi connectivity index (χ0n) is 25.0. The Bertz CT molecular complexity index is 997. The van der Waals surface area contributed by atoms with E-state index < -0.39 is 5.60 Å². The molecule has 0 aliphatic carbocycles. The molecule has 2 rings (SSSR count). The van der Waals surface area contributed by atoms with Gasteiger partial charge in [-0.05, 0) is 57.9 Å². The fraction of sp³-hybridized carbons (Fsp3) is 0.625. The highest BCUT2D eigenvalue weighted by Gasteiger charge is 2.23. The number of ether oxygens (including phenoxy) is 2. The first-order chi connectivity index (χ1) is 19.2. The third kappa shape index (κ3) is 13.3. The van der Waals surface area contributed by atoms with Crippen LogP contribution in [0.15, 0.2) is 43.0 Å². The molecule has 1 aromatic carbocycles. The number of hydrogen-bond acceptors (Lipinski definition) is 6. The van der Waals surface area contributed by atoms with Gasteiger partial charge < -0.3 is 9.47 Å². The molecule has 0 radical (unpaired) electrons. The van der Waals surface area contributed by atoms with Gasteiger partial charge in [0.1, 0.15) is 11.9 Å². The SMILES string of the molecule is COC(=O)CCCCCCCCCCCCCCCN(C(=O)OC(C)(C)C)c1ccc(C(=O)n2ccnc2)cc1. The van der Waals surface area contributed by atoms with Crippen molar-refractivity contribution in [3.63, 3.8) is 0 Å². The summed E-state index contributed by atoms with van der Waals surface area (Å²) in [5.74, 6) is -0.271. The van der Waals surface area contributed by atoms with Crippen molar-refractivity contribution < 1.29 is 23.9 Å². The Balaban J connectivity index is 1.66. The molecule has 222 valence electrons. The average Bonchev–Trinajstić information content (AvgIpc) is 3.46. The molecule has 8 heteroatoms. The van der Waals surface area contributed by atoms with Gasteiger partial charge in [0.05, 0.1) is 7.11 Å². The van der Waals surface area contributed by atoms with Crippen LogP contribution < -0.4 is 4.90 Å². The highest BCUT2D eigenvalue weighted by Crippen LogP contribution is 2.21. The number of esters is 1. The highest BCUT2D eigenvalue weighted by atomic mass is 16.6. The monoisotopic (exact) mass is 555 g/mol. The molecular weight excluding hydrogens is 506 g/mol. The van der Waals surface area contributed by atoms with E-state index in [2.05, 4.69) is 9.72 Å². The lowest BCUT2D eigenvalue weighted by Crippen LogP contribution is -2.37. The van der Waals surface area contributed by atoms with E-state index in [0.717, 1.165) is 37.8 Å². The summed E-state index contributed by atoms with van der Waals surface area (Å²) in [7, 11) is 1.44. The van der Waals surface area contributed by atoms with Crippen LogP contribution in [-0.2, 0) is 14.3 Å². The summed E-state index contributed by atoms with van der Waals surface area (Å²) in [6, 6.07) is 7.08. The van der Waals surface area contributed by atoms with Crippen molar-refractivity contribution in [2.24, 2.45) is 0 Å². The molecule has 0 aliphatic rings. The number of methoxy groups -OCH3 is 1. The zero-order chi connectivity index (χ0) is 29.2. The van der Waals surface area contributed by atoms with Crippen molar-refractivity contribution in [1.82, 2.24) is 9.55 Å². The maximum atomic E-state index is 13.0. The van der Waals surface area contributed by atoms with Crippen molar-refractivity contribution in [3.8, 4) is 0 Å². The van der Waals surface area contributed by atoms with Crippen molar-refractivity contribution in [3.05, 3.63) is 48.5 Å². The average molecular weight is 556 g/mol. The lowest BCUT2D eigenvalue weighted by atomic mass is 10.0. The van der Waals surface area contributed by atoms with Crippen LogP contribution in [0.25, 0.3) is 0 Å². The minimum Gasteiger partial charge on any atom is -0.469 e. The summed E-state index contributed by atoms with van der Waals surface area (Å²) in [5.41, 5.74) is 0.665. The van der Waals surface area contributed by atoms with Crippen LogP contribution in [0.2, 0.25) is 0 Å². The minimum absolute atomic E-state index is 0.105. The number of benzene rings is 1. The molecule has 0 N–H and O–H groups in total. The summed E-state index contributed by atoms with van der Waals surface area (Å²) in [6.07, 6.45) is 20.0. The highest BCUT2D eigenvalue weighted by molar-refractivity contribution is 5.96. The van der Waals surface area contributed by atoms with Gasteiger partial charge in [0, 0.05) is 36.6 Å². The summed E-state index contributed by atoms with van der Waals surface area (Å²) >= 11 is 0. The van der Waals surface area contributed by atoms with E-state index in [4.69, 9.17) is 4.74 Å². The minimum atomic E-state index is -0.586. The Labute approximate surface area is 240 Å². The van der Waals surface area contributed by atoms with Crippen LogP contribution in [0, 0.1) is 0 Å². The molecule has 1 amide bonds. The molecule has 1 heterocycles.